The summed E-state index contributed by atoms with van der Waals surface area (Å²) in [6.07, 6.45) is 0.175. The Bertz CT molecular complexity index is 903. The highest BCUT2D eigenvalue weighted by Gasteiger charge is 2.14. The van der Waals surface area contributed by atoms with E-state index < -0.39 is 0 Å². The molecule has 0 radical (unpaired) electrons. The molecule has 128 valence electrons. The highest BCUT2D eigenvalue weighted by molar-refractivity contribution is 5.96. The van der Waals surface area contributed by atoms with Gasteiger partial charge < -0.3 is 15.1 Å². The second-order valence-electron chi connectivity index (χ2n) is 5.91. The molecular formula is C19H19N3O3. The standard InChI is InChI=1S/C19H19N3O3/c1-12(20-19(24)14-6-4-3-5-7-14)10-18(23)22-15-8-9-17-16(11-15)21-13(2)25-17/h3-9,11-12H,10H2,1-2H3,(H,20,24)(H,22,23). The van der Waals surface area contributed by atoms with Gasteiger partial charge in [0.05, 0.1) is 0 Å². The molecule has 0 aliphatic heterocycles. The Kier molecular flexibility index (Phi) is 4.79. The van der Waals surface area contributed by atoms with Gasteiger partial charge in [0.2, 0.25) is 5.91 Å². The average Bonchev–Trinajstić information content (AvgIpc) is 2.94. The van der Waals surface area contributed by atoms with Crippen LogP contribution in [0.2, 0.25) is 0 Å². The first-order valence-corrected chi connectivity index (χ1v) is 8.04. The van der Waals surface area contributed by atoms with E-state index in [1.54, 1.807) is 56.3 Å². The normalized spacial score (nSPS) is 11.9. The third-order valence-corrected chi connectivity index (χ3v) is 3.68. The highest BCUT2D eigenvalue weighted by Crippen LogP contribution is 2.19. The molecule has 6 nitrogen and oxygen atoms in total. The number of anilines is 1. The van der Waals surface area contributed by atoms with E-state index in [2.05, 4.69) is 15.6 Å². The van der Waals surface area contributed by atoms with Crippen molar-refractivity contribution in [2.24, 2.45) is 0 Å². The van der Waals surface area contributed by atoms with E-state index in [1.807, 2.05) is 6.07 Å². The molecule has 0 bridgehead atoms. The number of carbonyl (C=O) groups excluding carboxylic acids is 2. The summed E-state index contributed by atoms with van der Waals surface area (Å²) in [6.45, 7) is 3.57. The van der Waals surface area contributed by atoms with Crippen molar-refractivity contribution in [3.05, 3.63) is 60.0 Å². The first kappa shape index (κ1) is 16.7. The monoisotopic (exact) mass is 337 g/mol. The summed E-state index contributed by atoms with van der Waals surface area (Å²) in [6, 6.07) is 13.9. The molecular weight excluding hydrogens is 318 g/mol. The van der Waals surface area contributed by atoms with Crippen molar-refractivity contribution >= 4 is 28.6 Å². The number of hydrogen-bond donors (Lipinski definition) is 2. The lowest BCUT2D eigenvalue weighted by Crippen LogP contribution is -2.35. The number of amides is 2. The van der Waals surface area contributed by atoms with E-state index in [0.717, 1.165) is 0 Å². The molecule has 0 saturated carbocycles. The predicted molar refractivity (Wildman–Crippen MR) is 95.4 cm³/mol. The maximum atomic E-state index is 12.2. The van der Waals surface area contributed by atoms with Crippen LogP contribution in [0, 0.1) is 6.92 Å². The smallest absolute Gasteiger partial charge is 0.251 e. The van der Waals surface area contributed by atoms with E-state index in [0.29, 0.717) is 28.2 Å². The van der Waals surface area contributed by atoms with Crippen molar-refractivity contribution in [3.63, 3.8) is 0 Å². The Hall–Kier alpha value is -3.15. The fourth-order valence-electron chi connectivity index (χ4n) is 2.56. The van der Waals surface area contributed by atoms with Gasteiger partial charge in [0.15, 0.2) is 11.5 Å². The van der Waals surface area contributed by atoms with Gasteiger partial charge in [0.1, 0.15) is 5.52 Å². The van der Waals surface area contributed by atoms with Crippen molar-refractivity contribution in [2.75, 3.05) is 5.32 Å². The van der Waals surface area contributed by atoms with Crippen LogP contribution in [0.4, 0.5) is 5.69 Å². The van der Waals surface area contributed by atoms with Crippen LogP contribution in [0.15, 0.2) is 52.9 Å². The molecule has 0 saturated heterocycles. The molecule has 0 aliphatic rings. The third kappa shape index (κ3) is 4.23. The molecule has 0 fully saturated rings. The number of nitrogens with zero attached hydrogens (tertiary/aromatic N) is 1. The van der Waals surface area contributed by atoms with Gasteiger partial charge >= 0.3 is 0 Å². The molecule has 1 heterocycles. The Morgan fingerprint density at radius 1 is 1.16 bits per heavy atom. The molecule has 0 aliphatic carbocycles. The third-order valence-electron chi connectivity index (χ3n) is 3.68. The fourth-order valence-corrected chi connectivity index (χ4v) is 2.56. The van der Waals surface area contributed by atoms with Crippen molar-refractivity contribution in [2.45, 2.75) is 26.3 Å². The van der Waals surface area contributed by atoms with E-state index in [1.165, 1.54) is 0 Å². The van der Waals surface area contributed by atoms with Crippen LogP contribution in [0.5, 0.6) is 0 Å². The first-order chi connectivity index (χ1) is 12.0. The van der Waals surface area contributed by atoms with Crippen LogP contribution < -0.4 is 10.6 Å². The summed E-state index contributed by atoms with van der Waals surface area (Å²) >= 11 is 0. The molecule has 1 unspecified atom stereocenters. The molecule has 0 spiro atoms. The minimum Gasteiger partial charge on any atom is -0.441 e. The number of rotatable bonds is 5. The number of benzene rings is 2. The number of fused-ring (bicyclic) bond motifs is 1. The minimum absolute atomic E-state index is 0.175. The summed E-state index contributed by atoms with van der Waals surface area (Å²) < 4.78 is 5.41. The number of carbonyl (C=O) groups is 2. The summed E-state index contributed by atoms with van der Waals surface area (Å²) in [4.78, 5) is 28.5. The van der Waals surface area contributed by atoms with Crippen LogP contribution >= 0.6 is 0 Å². The maximum Gasteiger partial charge on any atom is 0.251 e. The second-order valence-corrected chi connectivity index (χ2v) is 5.91. The summed E-state index contributed by atoms with van der Waals surface area (Å²) in [5.41, 5.74) is 2.59. The average molecular weight is 337 g/mol. The fraction of sp³-hybridized carbons (Fsp3) is 0.211. The van der Waals surface area contributed by atoms with Crippen LogP contribution in [-0.2, 0) is 4.79 Å². The topological polar surface area (TPSA) is 84.2 Å². The Balaban J connectivity index is 1.56. The van der Waals surface area contributed by atoms with Gasteiger partial charge in [-0.05, 0) is 37.3 Å². The van der Waals surface area contributed by atoms with Crippen molar-refractivity contribution in [1.29, 1.82) is 0 Å². The van der Waals surface area contributed by atoms with E-state index in [4.69, 9.17) is 4.42 Å². The number of oxazole rings is 1. The Morgan fingerprint density at radius 3 is 2.68 bits per heavy atom. The van der Waals surface area contributed by atoms with Crippen LogP contribution in [0.25, 0.3) is 11.1 Å². The number of nitrogens with one attached hydrogen (secondary N) is 2. The van der Waals surface area contributed by atoms with Crippen molar-refractivity contribution in [1.82, 2.24) is 10.3 Å². The summed E-state index contributed by atoms with van der Waals surface area (Å²) in [5, 5.41) is 5.63. The van der Waals surface area contributed by atoms with Gasteiger partial charge in [-0.15, -0.1) is 0 Å². The Labute approximate surface area is 145 Å². The number of aromatic nitrogens is 1. The van der Waals surface area contributed by atoms with E-state index in [9.17, 15) is 9.59 Å². The zero-order valence-electron chi connectivity index (χ0n) is 14.1. The molecule has 1 aromatic heterocycles. The molecule has 3 rings (SSSR count). The zero-order chi connectivity index (χ0) is 17.8. The highest BCUT2D eigenvalue weighted by atomic mass is 16.3. The first-order valence-electron chi connectivity index (χ1n) is 8.04. The minimum atomic E-state index is -0.286. The van der Waals surface area contributed by atoms with Gasteiger partial charge in [-0.3, -0.25) is 9.59 Å². The zero-order valence-corrected chi connectivity index (χ0v) is 14.1. The van der Waals surface area contributed by atoms with Gasteiger partial charge in [-0.25, -0.2) is 4.98 Å². The molecule has 2 aromatic carbocycles. The lowest BCUT2D eigenvalue weighted by Gasteiger charge is -2.14. The van der Waals surface area contributed by atoms with Crippen LogP contribution in [0.1, 0.15) is 29.6 Å². The largest absolute Gasteiger partial charge is 0.441 e. The second kappa shape index (κ2) is 7.17. The van der Waals surface area contributed by atoms with Crippen molar-refractivity contribution < 1.29 is 14.0 Å². The van der Waals surface area contributed by atoms with Gasteiger partial charge in [-0.2, -0.15) is 0 Å². The molecule has 2 amide bonds. The molecule has 3 aromatic rings. The van der Waals surface area contributed by atoms with Crippen molar-refractivity contribution in [3.8, 4) is 0 Å². The summed E-state index contributed by atoms with van der Waals surface area (Å²) in [5.74, 6) is 0.205. The van der Waals surface area contributed by atoms with E-state index in [-0.39, 0.29) is 24.3 Å². The number of hydrogen-bond acceptors (Lipinski definition) is 4. The summed E-state index contributed by atoms with van der Waals surface area (Å²) in [7, 11) is 0. The predicted octanol–water partition coefficient (Wildman–Crippen LogP) is 3.28. The van der Waals surface area contributed by atoms with Crippen LogP contribution in [-0.4, -0.2) is 22.8 Å². The molecule has 25 heavy (non-hydrogen) atoms. The van der Waals surface area contributed by atoms with E-state index >= 15 is 0 Å². The number of aryl methyl sites for hydroxylation is 1. The van der Waals surface area contributed by atoms with Crippen LogP contribution in [0.3, 0.4) is 0 Å². The maximum absolute atomic E-state index is 12.2. The van der Waals surface area contributed by atoms with Gasteiger partial charge in [-0.1, -0.05) is 18.2 Å². The SMILES string of the molecule is Cc1nc2cc(NC(=O)CC(C)NC(=O)c3ccccc3)ccc2o1. The Morgan fingerprint density at radius 2 is 1.92 bits per heavy atom. The quantitative estimate of drug-likeness (QED) is 0.748. The molecule has 1 atom stereocenters. The molecule has 2 N–H and O–H groups in total. The lowest BCUT2D eigenvalue weighted by molar-refractivity contribution is -0.116. The molecule has 6 heteroatoms. The van der Waals surface area contributed by atoms with Gasteiger partial charge in [0, 0.05) is 30.6 Å². The lowest BCUT2D eigenvalue weighted by atomic mass is 10.1. The van der Waals surface area contributed by atoms with Gasteiger partial charge in [0.25, 0.3) is 5.91 Å².